The van der Waals surface area contributed by atoms with Crippen LogP contribution in [0.25, 0.3) is 6.08 Å². The minimum atomic E-state index is -3.00. The lowest BCUT2D eigenvalue weighted by Gasteiger charge is -2.10. The molecule has 28 heavy (non-hydrogen) atoms. The molecular formula is C20H21N3O4S. The predicted molar refractivity (Wildman–Crippen MR) is 105 cm³/mol. The number of aromatic nitrogens is 2. The monoisotopic (exact) mass is 399 g/mol. The lowest BCUT2D eigenvalue weighted by molar-refractivity contribution is 0.104. The highest BCUT2D eigenvalue weighted by Crippen LogP contribution is 2.27. The van der Waals surface area contributed by atoms with Gasteiger partial charge >= 0.3 is 0 Å². The number of benzene rings is 1. The van der Waals surface area contributed by atoms with Crippen molar-refractivity contribution in [3.8, 4) is 11.8 Å². The second-order valence-electron chi connectivity index (χ2n) is 6.75. The molecule has 0 spiro atoms. The average molecular weight is 399 g/mol. The van der Waals surface area contributed by atoms with Gasteiger partial charge in [0.25, 0.3) is 0 Å². The van der Waals surface area contributed by atoms with E-state index in [2.05, 4.69) is 5.10 Å². The molecule has 2 heterocycles. The Bertz CT molecular complexity index is 1060. The van der Waals surface area contributed by atoms with Crippen molar-refractivity contribution in [3.63, 3.8) is 0 Å². The maximum absolute atomic E-state index is 12.4. The Hall–Kier alpha value is -2.92. The number of ketones is 1. The van der Waals surface area contributed by atoms with Gasteiger partial charge in [0.1, 0.15) is 11.8 Å². The molecule has 1 fully saturated rings. The summed E-state index contributed by atoms with van der Waals surface area (Å²) in [5, 5.41) is 13.0. The molecule has 0 bridgehead atoms. The first-order valence-corrected chi connectivity index (χ1v) is 10.7. The van der Waals surface area contributed by atoms with Crippen LogP contribution in [-0.2, 0) is 9.84 Å². The number of nitriles is 1. The van der Waals surface area contributed by atoms with Gasteiger partial charge in [0.05, 0.1) is 23.2 Å². The topological polar surface area (TPSA) is 102 Å². The fourth-order valence-corrected chi connectivity index (χ4v) is 5.02. The molecule has 1 aromatic heterocycles. The number of hydrogen-bond donors (Lipinski definition) is 0. The van der Waals surface area contributed by atoms with Gasteiger partial charge < -0.3 is 4.74 Å². The lowest BCUT2D eigenvalue weighted by atomic mass is 10.1. The zero-order valence-electron chi connectivity index (χ0n) is 15.8. The van der Waals surface area contributed by atoms with Crippen LogP contribution in [0, 0.1) is 25.2 Å². The van der Waals surface area contributed by atoms with Gasteiger partial charge in [-0.2, -0.15) is 10.4 Å². The molecule has 1 aromatic carbocycles. The molecule has 0 amide bonds. The van der Waals surface area contributed by atoms with Crippen LogP contribution in [0.2, 0.25) is 0 Å². The molecule has 3 rings (SSSR count). The van der Waals surface area contributed by atoms with Crippen molar-refractivity contribution >= 4 is 21.7 Å². The Morgan fingerprint density at radius 3 is 2.68 bits per heavy atom. The van der Waals surface area contributed by atoms with E-state index in [-0.39, 0.29) is 29.9 Å². The summed E-state index contributed by atoms with van der Waals surface area (Å²) in [6.45, 7) is 3.69. The summed E-state index contributed by atoms with van der Waals surface area (Å²) in [6, 6.07) is 8.32. The minimum absolute atomic E-state index is 0.0436. The smallest absolute Gasteiger partial charge is 0.185 e. The van der Waals surface area contributed by atoms with Crippen LogP contribution in [0.5, 0.6) is 5.75 Å². The van der Waals surface area contributed by atoms with E-state index < -0.39 is 9.84 Å². The first-order valence-electron chi connectivity index (χ1n) is 8.89. The number of hydrogen-bond acceptors (Lipinski definition) is 6. The van der Waals surface area contributed by atoms with Crippen molar-refractivity contribution < 1.29 is 17.9 Å². The third-order valence-corrected chi connectivity index (χ3v) is 6.53. The number of ether oxygens (including phenoxy) is 1. The van der Waals surface area contributed by atoms with Gasteiger partial charge in [-0.1, -0.05) is 0 Å². The normalized spacial score (nSPS) is 18.2. The van der Waals surface area contributed by atoms with Crippen LogP contribution in [0.4, 0.5) is 0 Å². The van der Waals surface area contributed by atoms with Crippen molar-refractivity contribution in [2.75, 3.05) is 18.1 Å². The zero-order valence-corrected chi connectivity index (χ0v) is 16.6. The predicted octanol–water partition coefficient (Wildman–Crippen LogP) is 2.66. The maximum Gasteiger partial charge on any atom is 0.185 e. The van der Waals surface area contributed by atoms with E-state index in [0.717, 1.165) is 17.0 Å². The molecule has 1 atom stereocenters. The molecule has 1 aliphatic rings. The Morgan fingerprint density at radius 1 is 1.36 bits per heavy atom. The van der Waals surface area contributed by atoms with E-state index in [4.69, 9.17) is 10.00 Å². The molecule has 1 saturated heterocycles. The van der Waals surface area contributed by atoms with Crippen LogP contribution < -0.4 is 4.74 Å². The van der Waals surface area contributed by atoms with Crippen molar-refractivity contribution in [2.45, 2.75) is 26.3 Å². The molecule has 7 nitrogen and oxygen atoms in total. The van der Waals surface area contributed by atoms with Gasteiger partial charge in [0.15, 0.2) is 22.2 Å². The van der Waals surface area contributed by atoms with Gasteiger partial charge in [0.2, 0.25) is 0 Å². The molecule has 0 radical (unpaired) electrons. The summed E-state index contributed by atoms with van der Waals surface area (Å²) in [7, 11) is -3.00. The second kappa shape index (κ2) is 7.98. The van der Waals surface area contributed by atoms with E-state index in [1.54, 1.807) is 35.0 Å². The first-order chi connectivity index (χ1) is 13.3. The summed E-state index contributed by atoms with van der Waals surface area (Å²) in [4.78, 5) is 12.4. The number of rotatable bonds is 6. The summed E-state index contributed by atoms with van der Waals surface area (Å²) < 4.78 is 30.4. The minimum Gasteiger partial charge on any atom is -0.479 e. The van der Waals surface area contributed by atoms with E-state index in [1.807, 2.05) is 19.9 Å². The highest BCUT2D eigenvalue weighted by Gasteiger charge is 2.31. The van der Waals surface area contributed by atoms with E-state index in [0.29, 0.717) is 17.7 Å². The summed E-state index contributed by atoms with van der Waals surface area (Å²) in [5.41, 5.74) is 2.94. The zero-order chi connectivity index (χ0) is 20.3. The largest absolute Gasteiger partial charge is 0.479 e. The third kappa shape index (κ3) is 4.31. The van der Waals surface area contributed by atoms with Gasteiger partial charge in [-0.05, 0) is 56.7 Å². The van der Waals surface area contributed by atoms with E-state index >= 15 is 0 Å². The molecule has 0 aliphatic carbocycles. The molecule has 2 aromatic rings. The molecule has 146 valence electrons. The van der Waals surface area contributed by atoms with Crippen LogP contribution >= 0.6 is 0 Å². The average Bonchev–Trinajstić information content (AvgIpc) is 3.17. The van der Waals surface area contributed by atoms with E-state index in [9.17, 15) is 13.2 Å². The molecule has 0 saturated carbocycles. The number of nitrogens with zero attached hydrogens (tertiary/aromatic N) is 3. The van der Waals surface area contributed by atoms with Gasteiger partial charge in [-0.3, -0.25) is 9.48 Å². The Kier molecular flexibility index (Phi) is 5.66. The Morgan fingerprint density at radius 2 is 2.07 bits per heavy atom. The number of carbonyl (C=O) groups is 1. The van der Waals surface area contributed by atoms with Gasteiger partial charge in [0, 0.05) is 16.8 Å². The molecule has 8 heteroatoms. The fourth-order valence-electron chi connectivity index (χ4n) is 3.33. The van der Waals surface area contributed by atoms with Crippen LogP contribution in [0.1, 0.15) is 39.8 Å². The summed E-state index contributed by atoms with van der Waals surface area (Å²) in [6.07, 6.45) is 3.77. The highest BCUT2D eigenvalue weighted by atomic mass is 32.2. The van der Waals surface area contributed by atoms with Crippen molar-refractivity contribution in [1.29, 1.82) is 5.26 Å². The Labute approximate surface area is 164 Å². The maximum atomic E-state index is 12.4. The number of sulfone groups is 1. The lowest BCUT2D eigenvalue weighted by Crippen LogP contribution is -2.13. The van der Waals surface area contributed by atoms with E-state index in [1.165, 1.54) is 6.08 Å². The summed E-state index contributed by atoms with van der Waals surface area (Å²) in [5.74, 6) is 0.661. The molecule has 0 N–H and O–H groups in total. The van der Waals surface area contributed by atoms with Gasteiger partial charge in [-0.25, -0.2) is 8.42 Å². The first kappa shape index (κ1) is 19.8. The van der Waals surface area contributed by atoms with Crippen molar-refractivity contribution in [3.05, 3.63) is 52.9 Å². The third-order valence-electron chi connectivity index (χ3n) is 4.78. The molecular weight excluding hydrogens is 378 g/mol. The van der Waals surface area contributed by atoms with Gasteiger partial charge in [-0.15, -0.1) is 0 Å². The van der Waals surface area contributed by atoms with Crippen molar-refractivity contribution in [2.24, 2.45) is 0 Å². The fraction of sp³-hybridized carbons (Fsp3) is 0.350. The SMILES string of the molecule is Cc1nn([C@@H]2CCS(=O)(=O)C2)c(C)c1/C=C/C(=O)c1ccc(OCC#N)cc1. The molecule has 1 aliphatic heterocycles. The highest BCUT2D eigenvalue weighted by molar-refractivity contribution is 7.91. The van der Waals surface area contributed by atoms with Crippen molar-refractivity contribution in [1.82, 2.24) is 9.78 Å². The van der Waals surface area contributed by atoms with Crippen LogP contribution in [0.15, 0.2) is 30.3 Å². The molecule has 0 unspecified atom stereocenters. The number of aryl methyl sites for hydroxylation is 1. The Balaban J connectivity index is 1.75. The quantitative estimate of drug-likeness (QED) is 0.547. The second-order valence-corrected chi connectivity index (χ2v) is 8.98. The number of allylic oxidation sites excluding steroid dienone is 1. The standard InChI is InChI=1S/C20H21N3O4S/c1-14-19(15(2)23(22-14)17-9-12-28(25,26)13-17)7-8-20(24)16-3-5-18(6-4-16)27-11-10-21/h3-8,17H,9,11-13H2,1-2H3/b8-7+/t17-/m1/s1. The summed E-state index contributed by atoms with van der Waals surface area (Å²) >= 11 is 0. The number of carbonyl (C=O) groups excluding carboxylic acids is 1. The van der Waals surface area contributed by atoms with Crippen LogP contribution in [-0.4, -0.2) is 42.1 Å². The van der Waals surface area contributed by atoms with Crippen LogP contribution in [0.3, 0.4) is 0 Å².